The van der Waals surface area contributed by atoms with Crippen molar-refractivity contribution in [3.63, 3.8) is 0 Å². The Morgan fingerprint density at radius 2 is 1.91 bits per heavy atom. The minimum absolute atomic E-state index is 0.0199. The summed E-state index contributed by atoms with van der Waals surface area (Å²) >= 11 is 0. The molecule has 6 heteroatoms. The highest BCUT2D eigenvalue weighted by molar-refractivity contribution is 5.31. The van der Waals surface area contributed by atoms with E-state index in [1.165, 1.54) is 6.07 Å². The van der Waals surface area contributed by atoms with E-state index in [4.69, 9.17) is 0 Å². The zero-order valence-corrected chi connectivity index (χ0v) is 13.1. The maximum Gasteiger partial charge on any atom is 0.173 e. The predicted octanol–water partition coefficient (Wildman–Crippen LogP) is 2.99. The van der Waals surface area contributed by atoms with Crippen molar-refractivity contribution in [2.24, 2.45) is 0 Å². The second-order valence-corrected chi connectivity index (χ2v) is 5.51. The summed E-state index contributed by atoms with van der Waals surface area (Å²) in [5.41, 5.74) is 1.83. The topological polar surface area (TPSA) is 46.8 Å². The number of nitrogens with zero attached hydrogens (tertiary/aromatic N) is 5. The van der Waals surface area contributed by atoms with Crippen LogP contribution in [-0.4, -0.2) is 32.2 Å². The van der Waals surface area contributed by atoms with Crippen LogP contribution < -0.4 is 0 Å². The molecule has 2 aromatic carbocycles. The van der Waals surface area contributed by atoms with Gasteiger partial charge in [0, 0.05) is 6.54 Å². The maximum absolute atomic E-state index is 13.3. The first kappa shape index (κ1) is 15.3. The van der Waals surface area contributed by atoms with Crippen molar-refractivity contribution in [2.75, 3.05) is 7.05 Å². The fourth-order valence-corrected chi connectivity index (χ4v) is 2.46. The van der Waals surface area contributed by atoms with E-state index in [1.807, 2.05) is 50.4 Å². The Balaban J connectivity index is 1.81. The van der Waals surface area contributed by atoms with Crippen LogP contribution in [0.2, 0.25) is 0 Å². The minimum Gasteiger partial charge on any atom is -0.292 e. The molecule has 3 aromatic rings. The van der Waals surface area contributed by atoms with Crippen LogP contribution in [0, 0.1) is 5.82 Å². The van der Waals surface area contributed by atoms with Gasteiger partial charge in [0.1, 0.15) is 5.82 Å². The molecule has 0 N–H and O–H groups in total. The summed E-state index contributed by atoms with van der Waals surface area (Å²) in [6.45, 7) is 2.64. The van der Waals surface area contributed by atoms with E-state index in [-0.39, 0.29) is 11.9 Å². The highest BCUT2D eigenvalue weighted by atomic mass is 19.1. The average molecular weight is 311 g/mol. The van der Waals surface area contributed by atoms with Crippen molar-refractivity contribution in [1.29, 1.82) is 0 Å². The predicted molar refractivity (Wildman–Crippen MR) is 85.4 cm³/mol. The van der Waals surface area contributed by atoms with E-state index in [2.05, 4.69) is 20.4 Å². The number of aromatic nitrogens is 4. The molecule has 0 unspecified atom stereocenters. The molecule has 0 saturated heterocycles. The molecule has 0 fully saturated rings. The Labute approximate surface area is 134 Å². The van der Waals surface area contributed by atoms with Gasteiger partial charge in [-0.3, -0.25) is 4.90 Å². The van der Waals surface area contributed by atoms with Crippen LogP contribution in [0.4, 0.5) is 4.39 Å². The molecular formula is C17H18FN5. The van der Waals surface area contributed by atoms with Crippen LogP contribution >= 0.6 is 0 Å². The van der Waals surface area contributed by atoms with Gasteiger partial charge in [0.05, 0.1) is 11.7 Å². The molecule has 0 aliphatic carbocycles. The molecule has 0 radical (unpaired) electrons. The lowest BCUT2D eigenvalue weighted by Crippen LogP contribution is -2.24. The summed E-state index contributed by atoms with van der Waals surface area (Å²) in [7, 11) is 1.97. The molecule has 0 bridgehead atoms. The van der Waals surface area contributed by atoms with E-state index >= 15 is 0 Å². The Morgan fingerprint density at radius 3 is 2.65 bits per heavy atom. The lowest BCUT2D eigenvalue weighted by atomic mass is 10.2. The normalized spacial score (nSPS) is 12.5. The van der Waals surface area contributed by atoms with Crippen LogP contribution in [0.15, 0.2) is 54.6 Å². The average Bonchev–Trinajstić information content (AvgIpc) is 3.04. The molecular weight excluding hydrogens is 293 g/mol. The van der Waals surface area contributed by atoms with E-state index in [9.17, 15) is 4.39 Å². The highest BCUT2D eigenvalue weighted by Crippen LogP contribution is 2.20. The molecule has 23 heavy (non-hydrogen) atoms. The fraction of sp³-hybridized carbons (Fsp3) is 0.235. The molecule has 1 heterocycles. The van der Waals surface area contributed by atoms with Gasteiger partial charge >= 0.3 is 0 Å². The third-order valence-corrected chi connectivity index (χ3v) is 3.85. The molecule has 118 valence electrons. The largest absolute Gasteiger partial charge is 0.292 e. The molecule has 1 aromatic heterocycles. The number of hydrogen-bond donors (Lipinski definition) is 0. The van der Waals surface area contributed by atoms with Crippen LogP contribution in [0.3, 0.4) is 0 Å². The van der Waals surface area contributed by atoms with Crippen molar-refractivity contribution in [3.05, 3.63) is 71.8 Å². The number of rotatable bonds is 5. The monoisotopic (exact) mass is 311 g/mol. The van der Waals surface area contributed by atoms with Crippen molar-refractivity contribution in [2.45, 2.75) is 19.5 Å². The number of hydrogen-bond acceptors (Lipinski definition) is 4. The number of para-hydroxylation sites is 1. The van der Waals surface area contributed by atoms with Gasteiger partial charge in [-0.25, -0.2) is 4.39 Å². The third kappa shape index (κ3) is 3.43. The van der Waals surface area contributed by atoms with Crippen LogP contribution in [0.25, 0.3) is 5.69 Å². The van der Waals surface area contributed by atoms with Gasteiger partial charge < -0.3 is 0 Å². The van der Waals surface area contributed by atoms with E-state index in [0.29, 0.717) is 6.54 Å². The van der Waals surface area contributed by atoms with Gasteiger partial charge in [0.15, 0.2) is 5.82 Å². The second-order valence-electron chi connectivity index (χ2n) is 5.51. The summed E-state index contributed by atoms with van der Waals surface area (Å²) in [5.74, 6) is 0.521. The first-order chi connectivity index (χ1) is 11.1. The Kier molecular flexibility index (Phi) is 4.43. The van der Waals surface area contributed by atoms with E-state index < -0.39 is 0 Å². The zero-order chi connectivity index (χ0) is 16.2. The summed E-state index contributed by atoms with van der Waals surface area (Å²) in [5, 5.41) is 12.0. The second kappa shape index (κ2) is 6.66. The molecule has 1 atom stereocenters. The van der Waals surface area contributed by atoms with E-state index in [0.717, 1.165) is 17.1 Å². The maximum atomic E-state index is 13.3. The van der Waals surface area contributed by atoms with Crippen molar-refractivity contribution in [3.8, 4) is 5.69 Å². The number of tetrazole rings is 1. The molecule has 0 spiro atoms. The van der Waals surface area contributed by atoms with Gasteiger partial charge in [-0.1, -0.05) is 30.3 Å². The van der Waals surface area contributed by atoms with Gasteiger partial charge in [-0.2, -0.15) is 4.68 Å². The van der Waals surface area contributed by atoms with Gasteiger partial charge in [0.25, 0.3) is 0 Å². The highest BCUT2D eigenvalue weighted by Gasteiger charge is 2.20. The molecule has 0 aliphatic heterocycles. The first-order valence-corrected chi connectivity index (χ1v) is 7.43. The van der Waals surface area contributed by atoms with Gasteiger partial charge in [0.2, 0.25) is 0 Å². The van der Waals surface area contributed by atoms with Crippen LogP contribution in [-0.2, 0) is 6.54 Å². The molecule has 0 aliphatic rings. The van der Waals surface area contributed by atoms with Crippen molar-refractivity contribution >= 4 is 0 Å². The van der Waals surface area contributed by atoms with E-state index in [1.54, 1.807) is 16.8 Å². The fourth-order valence-electron chi connectivity index (χ4n) is 2.46. The third-order valence-electron chi connectivity index (χ3n) is 3.85. The summed E-state index contributed by atoms with van der Waals surface area (Å²) in [4.78, 5) is 2.08. The van der Waals surface area contributed by atoms with Crippen LogP contribution in [0.1, 0.15) is 24.4 Å². The summed E-state index contributed by atoms with van der Waals surface area (Å²) < 4.78 is 15.1. The lowest BCUT2D eigenvalue weighted by Gasteiger charge is -2.23. The smallest absolute Gasteiger partial charge is 0.173 e. The lowest BCUT2D eigenvalue weighted by molar-refractivity contribution is 0.240. The SMILES string of the molecule is C[C@@H](c1nnnn1-c1ccccc1)N(C)Cc1cccc(F)c1. The molecule has 3 rings (SSSR count). The Bertz CT molecular complexity index is 771. The van der Waals surface area contributed by atoms with Gasteiger partial charge in [-0.05, 0) is 54.2 Å². The Morgan fingerprint density at radius 1 is 1.13 bits per heavy atom. The summed E-state index contributed by atoms with van der Waals surface area (Å²) in [6, 6.07) is 16.4. The van der Waals surface area contributed by atoms with Gasteiger partial charge in [-0.15, -0.1) is 5.10 Å². The molecule has 5 nitrogen and oxygen atoms in total. The zero-order valence-electron chi connectivity index (χ0n) is 13.1. The van der Waals surface area contributed by atoms with Crippen molar-refractivity contribution < 1.29 is 4.39 Å². The number of halogens is 1. The van der Waals surface area contributed by atoms with Crippen LogP contribution in [0.5, 0.6) is 0 Å². The molecule has 0 saturated carbocycles. The van der Waals surface area contributed by atoms with Crippen molar-refractivity contribution in [1.82, 2.24) is 25.1 Å². The Hall–Kier alpha value is -2.60. The minimum atomic E-state index is -0.224. The standard InChI is InChI=1S/C17H18FN5/c1-13(22(2)12-14-7-6-8-15(18)11-14)17-19-20-21-23(17)16-9-4-3-5-10-16/h3-11,13H,12H2,1-2H3/t13-/m0/s1. The number of benzene rings is 2. The molecule has 0 amide bonds. The summed E-state index contributed by atoms with van der Waals surface area (Å²) in [6.07, 6.45) is 0. The first-order valence-electron chi connectivity index (χ1n) is 7.43. The quantitative estimate of drug-likeness (QED) is 0.727.